The molecule has 0 aromatic heterocycles. The molecule has 0 saturated heterocycles. The van der Waals surface area contributed by atoms with Crippen LogP contribution in [0.3, 0.4) is 0 Å². The first-order chi connectivity index (χ1) is 7.69. The minimum atomic E-state index is 0.587. The molecule has 0 saturated carbocycles. The van der Waals surface area contributed by atoms with Gasteiger partial charge in [0.15, 0.2) is 0 Å². The van der Waals surface area contributed by atoms with Crippen LogP contribution >= 0.6 is 11.6 Å². The van der Waals surface area contributed by atoms with Gasteiger partial charge in [0, 0.05) is 5.02 Å². The largest absolute Gasteiger partial charge is 0.192 e. The second-order valence-corrected chi connectivity index (χ2v) is 4.15. The molecule has 0 heterocycles. The van der Waals surface area contributed by atoms with Crippen LogP contribution in [0.4, 0.5) is 0 Å². The number of nitriles is 1. The first-order valence-corrected chi connectivity index (χ1v) is 5.34. The zero-order chi connectivity index (χ0) is 11.5. The Balaban J connectivity index is 2.56. The van der Waals surface area contributed by atoms with Gasteiger partial charge in [-0.05, 0) is 36.2 Å². The topological polar surface area (TPSA) is 23.8 Å². The third-order valence-corrected chi connectivity index (χ3v) is 2.60. The quantitative estimate of drug-likeness (QED) is 0.717. The van der Waals surface area contributed by atoms with Crippen molar-refractivity contribution in [3.63, 3.8) is 0 Å². The van der Waals surface area contributed by atoms with Crippen molar-refractivity contribution in [1.29, 1.82) is 5.26 Å². The normalized spacial score (nSPS) is 9.81. The number of rotatable bonds is 1. The van der Waals surface area contributed by atoms with E-state index in [2.05, 4.69) is 12.1 Å². The molecular weight excluding hydrogens is 218 g/mol. The first-order valence-electron chi connectivity index (χ1n) is 4.97. The van der Waals surface area contributed by atoms with Gasteiger partial charge < -0.3 is 0 Å². The van der Waals surface area contributed by atoms with Gasteiger partial charge in [0.1, 0.15) is 0 Å². The Labute approximate surface area is 99.9 Å². The van der Waals surface area contributed by atoms with E-state index in [-0.39, 0.29) is 0 Å². The molecule has 0 aliphatic heterocycles. The molecule has 0 aliphatic rings. The Kier molecular flexibility index (Phi) is 2.94. The highest BCUT2D eigenvalue weighted by Gasteiger charge is 2.02. The average Bonchev–Trinajstić information content (AvgIpc) is 2.28. The molecule has 2 rings (SSSR count). The summed E-state index contributed by atoms with van der Waals surface area (Å²) in [6, 6.07) is 15.6. The first kappa shape index (κ1) is 10.7. The summed E-state index contributed by atoms with van der Waals surface area (Å²) in [7, 11) is 0. The van der Waals surface area contributed by atoms with Crippen molar-refractivity contribution < 1.29 is 0 Å². The van der Waals surface area contributed by atoms with Gasteiger partial charge in [-0.3, -0.25) is 0 Å². The number of hydrogen-bond donors (Lipinski definition) is 0. The van der Waals surface area contributed by atoms with Crippen LogP contribution in [0.15, 0.2) is 42.5 Å². The Bertz CT molecular complexity index is 567. The molecule has 78 valence electrons. The van der Waals surface area contributed by atoms with Crippen LogP contribution in [0, 0.1) is 18.3 Å². The SMILES string of the molecule is Cc1cccc(-c2cc(Cl)cc(C#N)c2)c1. The monoisotopic (exact) mass is 227 g/mol. The number of benzene rings is 2. The van der Waals surface area contributed by atoms with Crippen molar-refractivity contribution in [2.45, 2.75) is 6.92 Å². The van der Waals surface area contributed by atoms with Crippen LogP contribution in [0.25, 0.3) is 11.1 Å². The van der Waals surface area contributed by atoms with E-state index >= 15 is 0 Å². The highest BCUT2D eigenvalue weighted by Crippen LogP contribution is 2.25. The molecule has 0 fully saturated rings. The fraction of sp³-hybridized carbons (Fsp3) is 0.0714. The van der Waals surface area contributed by atoms with Gasteiger partial charge in [0.2, 0.25) is 0 Å². The van der Waals surface area contributed by atoms with Crippen LogP contribution in [-0.4, -0.2) is 0 Å². The van der Waals surface area contributed by atoms with E-state index in [9.17, 15) is 0 Å². The van der Waals surface area contributed by atoms with Gasteiger partial charge in [-0.25, -0.2) is 0 Å². The lowest BCUT2D eigenvalue weighted by Gasteiger charge is -2.04. The molecule has 2 aromatic rings. The summed E-state index contributed by atoms with van der Waals surface area (Å²) in [5.41, 5.74) is 3.84. The maximum Gasteiger partial charge on any atom is 0.0992 e. The molecule has 0 N–H and O–H groups in total. The van der Waals surface area contributed by atoms with E-state index in [0.29, 0.717) is 10.6 Å². The number of nitrogens with zero attached hydrogens (tertiary/aromatic N) is 1. The smallest absolute Gasteiger partial charge is 0.0992 e. The number of hydrogen-bond acceptors (Lipinski definition) is 1. The lowest BCUT2D eigenvalue weighted by molar-refractivity contribution is 1.45. The Morgan fingerprint density at radius 2 is 1.88 bits per heavy atom. The van der Waals surface area contributed by atoms with Crippen molar-refractivity contribution in [2.24, 2.45) is 0 Å². The predicted octanol–water partition coefficient (Wildman–Crippen LogP) is 4.19. The van der Waals surface area contributed by atoms with Crippen molar-refractivity contribution in [3.8, 4) is 17.2 Å². The Hall–Kier alpha value is -1.78. The highest BCUT2D eigenvalue weighted by molar-refractivity contribution is 6.31. The van der Waals surface area contributed by atoms with Gasteiger partial charge in [-0.2, -0.15) is 5.26 Å². The van der Waals surface area contributed by atoms with Crippen LogP contribution in [0.2, 0.25) is 5.02 Å². The summed E-state index contributed by atoms with van der Waals surface area (Å²) < 4.78 is 0. The maximum absolute atomic E-state index is 8.88. The molecule has 0 unspecified atom stereocenters. The van der Waals surface area contributed by atoms with Gasteiger partial charge in [-0.15, -0.1) is 0 Å². The summed E-state index contributed by atoms with van der Waals surface area (Å²) in [6.45, 7) is 2.04. The summed E-state index contributed by atoms with van der Waals surface area (Å²) in [5.74, 6) is 0. The van der Waals surface area contributed by atoms with E-state index in [4.69, 9.17) is 16.9 Å². The van der Waals surface area contributed by atoms with E-state index in [1.165, 1.54) is 5.56 Å². The summed E-state index contributed by atoms with van der Waals surface area (Å²) in [4.78, 5) is 0. The van der Waals surface area contributed by atoms with Crippen LogP contribution < -0.4 is 0 Å². The van der Waals surface area contributed by atoms with Gasteiger partial charge in [0.05, 0.1) is 11.6 Å². The third kappa shape index (κ3) is 2.24. The molecule has 0 aliphatic carbocycles. The fourth-order valence-electron chi connectivity index (χ4n) is 1.65. The molecular formula is C14H10ClN. The Morgan fingerprint density at radius 1 is 1.06 bits per heavy atom. The minimum absolute atomic E-state index is 0.587. The van der Waals surface area contributed by atoms with E-state index in [0.717, 1.165) is 11.1 Å². The lowest BCUT2D eigenvalue weighted by Crippen LogP contribution is -1.82. The number of aryl methyl sites for hydroxylation is 1. The molecule has 2 aromatic carbocycles. The van der Waals surface area contributed by atoms with Crippen molar-refractivity contribution >= 4 is 11.6 Å². The molecule has 2 heteroatoms. The van der Waals surface area contributed by atoms with E-state index in [1.54, 1.807) is 6.07 Å². The zero-order valence-corrected chi connectivity index (χ0v) is 9.62. The van der Waals surface area contributed by atoms with Crippen molar-refractivity contribution in [2.75, 3.05) is 0 Å². The molecule has 0 radical (unpaired) electrons. The Morgan fingerprint density at radius 3 is 2.56 bits per heavy atom. The predicted molar refractivity (Wildman–Crippen MR) is 66.3 cm³/mol. The fourth-order valence-corrected chi connectivity index (χ4v) is 1.88. The molecule has 0 amide bonds. The molecule has 16 heavy (non-hydrogen) atoms. The summed E-state index contributed by atoms with van der Waals surface area (Å²) >= 11 is 5.97. The van der Waals surface area contributed by atoms with Gasteiger partial charge in [0.25, 0.3) is 0 Å². The second-order valence-electron chi connectivity index (χ2n) is 3.71. The number of halogens is 1. The van der Waals surface area contributed by atoms with Gasteiger partial charge >= 0.3 is 0 Å². The van der Waals surface area contributed by atoms with Crippen molar-refractivity contribution in [3.05, 3.63) is 58.6 Å². The van der Waals surface area contributed by atoms with Crippen molar-refractivity contribution in [1.82, 2.24) is 0 Å². The second kappa shape index (κ2) is 4.38. The zero-order valence-electron chi connectivity index (χ0n) is 8.87. The maximum atomic E-state index is 8.88. The van der Waals surface area contributed by atoms with Crippen LogP contribution in [-0.2, 0) is 0 Å². The average molecular weight is 228 g/mol. The summed E-state index contributed by atoms with van der Waals surface area (Å²) in [6.07, 6.45) is 0. The van der Waals surface area contributed by atoms with Crippen LogP contribution in [0.1, 0.15) is 11.1 Å². The summed E-state index contributed by atoms with van der Waals surface area (Å²) in [5, 5.41) is 9.47. The minimum Gasteiger partial charge on any atom is -0.192 e. The third-order valence-electron chi connectivity index (χ3n) is 2.38. The molecule has 0 atom stereocenters. The molecule has 1 nitrogen and oxygen atoms in total. The van der Waals surface area contributed by atoms with E-state index in [1.807, 2.05) is 37.3 Å². The van der Waals surface area contributed by atoms with Crippen LogP contribution in [0.5, 0.6) is 0 Å². The van der Waals surface area contributed by atoms with E-state index < -0.39 is 0 Å². The standard InChI is InChI=1S/C14H10ClN/c1-10-3-2-4-12(5-10)13-6-11(9-16)7-14(15)8-13/h2-8H,1H3. The highest BCUT2D eigenvalue weighted by atomic mass is 35.5. The lowest BCUT2D eigenvalue weighted by atomic mass is 10.0. The molecule has 0 bridgehead atoms. The molecule has 0 spiro atoms. The van der Waals surface area contributed by atoms with Gasteiger partial charge in [-0.1, -0.05) is 41.4 Å².